The van der Waals surface area contributed by atoms with E-state index in [1.807, 2.05) is 0 Å². The molecule has 3 rings (SSSR count). The molecule has 0 saturated carbocycles. The molecule has 0 spiro atoms. The second-order valence-corrected chi connectivity index (χ2v) is 8.51. The zero-order valence-corrected chi connectivity index (χ0v) is 20.3. The third kappa shape index (κ3) is 7.33. The van der Waals surface area contributed by atoms with Crippen LogP contribution in [0.5, 0.6) is 5.75 Å². The maximum Gasteiger partial charge on any atom is 0.266 e. The Morgan fingerprint density at radius 3 is 2.15 bits per heavy atom. The number of nitrogens with one attached hydrogen (secondary N) is 3. The van der Waals surface area contributed by atoms with Crippen molar-refractivity contribution >= 4 is 75.3 Å². The molecule has 0 aliphatic carbocycles. The van der Waals surface area contributed by atoms with Gasteiger partial charge in [0.2, 0.25) is 0 Å². The van der Waals surface area contributed by atoms with E-state index in [2.05, 4.69) is 16.0 Å². The first-order valence-corrected chi connectivity index (χ1v) is 11.2. The van der Waals surface area contributed by atoms with Crippen molar-refractivity contribution in [3.63, 3.8) is 0 Å². The largest absolute Gasteiger partial charge is 0.479 e. The maximum absolute atomic E-state index is 12.4. The van der Waals surface area contributed by atoms with Crippen LogP contribution in [0.25, 0.3) is 0 Å². The van der Waals surface area contributed by atoms with E-state index in [1.54, 1.807) is 67.6 Å². The molecule has 3 aromatic rings. The average Bonchev–Trinajstić information content (AvgIpc) is 2.76. The molecule has 0 saturated heterocycles. The number of amides is 2. The minimum atomic E-state index is -0.854. The van der Waals surface area contributed by atoms with Gasteiger partial charge < -0.3 is 15.4 Å². The Morgan fingerprint density at radius 2 is 1.52 bits per heavy atom. The van der Waals surface area contributed by atoms with Crippen LogP contribution in [0.4, 0.5) is 11.4 Å². The van der Waals surface area contributed by atoms with E-state index in [-0.39, 0.29) is 11.0 Å². The Kier molecular flexibility index (Phi) is 8.52. The molecule has 3 N–H and O–H groups in total. The first-order valence-electron chi connectivity index (χ1n) is 9.62. The Bertz CT molecular complexity index is 1190. The van der Waals surface area contributed by atoms with Gasteiger partial charge in [-0.15, -0.1) is 0 Å². The summed E-state index contributed by atoms with van der Waals surface area (Å²) >= 11 is 23.0. The van der Waals surface area contributed by atoms with Crippen LogP contribution < -0.4 is 20.7 Å². The van der Waals surface area contributed by atoms with Crippen LogP contribution in [-0.4, -0.2) is 23.0 Å². The summed E-state index contributed by atoms with van der Waals surface area (Å²) < 4.78 is 5.57. The zero-order valence-electron chi connectivity index (χ0n) is 17.2. The van der Waals surface area contributed by atoms with Crippen LogP contribution in [0, 0.1) is 0 Å². The summed E-state index contributed by atoms with van der Waals surface area (Å²) in [5.74, 6) is -0.405. The Labute approximate surface area is 211 Å². The molecule has 1 unspecified atom stereocenters. The van der Waals surface area contributed by atoms with E-state index in [0.29, 0.717) is 37.8 Å². The molecule has 0 bridgehead atoms. The fourth-order valence-corrected chi connectivity index (χ4v) is 3.52. The van der Waals surface area contributed by atoms with Crippen LogP contribution >= 0.6 is 47.0 Å². The number of rotatable bonds is 6. The lowest BCUT2D eigenvalue weighted by molar-refractivity contribution is -0.125. The molecule has 1 atom stereocenters. The lowest BCUT2D eigenvalue weighted by Gasteiger charge is -2.16. The van der Waals surface area contributed by atoms with Crippen molar-refractivity contribution in [2.75, 3.05) is 10.6 Å². The second kappa shape index (κ2) is 11.3. The Morgan fingerprint density at radius 1 is 0.879 bits per heavy atom. The minimum absolute atomic E-state index is 0.0911. The van der Waals surface area contributed by atoms with Gasteiger partial charge in [-0.2, -0.15) is 0 Å². The summed E-state index contributed by atoms with van der Waals surface area (Å²) in [5, 5.41) is 9.57. The van der Waals surface area contributed by atoms with E-state index < -0.39 is 12.0 Å². The number of hydrogen-bond acceptors (Lipinski definition) is 4. The molecule has 0 heterocycles. The number of halogens is 3. The van der Waals surface area contributed by atoms with Crippen molar-refractivity contribution in [1.82, 2.24) is 5.32 Å². The van der Waals surface area contributed by atoms with Crippen LogP contribution in [0.15, 0.2) is 66.7 Å². The predicted octanol–water partition coefficient (Wildman–Crippen LogP) is 6.18. The highest BCUT2D eigenvalue weighted by Crippen LogP contribution is 2.28. The van der Waals surface area contributed by atoms with E-state index in [0.717, 1.165) is 0 Å². The van der Waals surface area contributed by atoms with Crippen molar-refractivity contribution in [3.05, 3.63) is 87.4 Å². The summed E-state index contributed by atoms with van der Waals surface area (Å²) in [7, 11) is 0. The number of benzene rings is 3. The number of carbonyl (C=O) groups is 2. The molecule has 0 fully saturated rings. The van der Waals surface area contributed by atoms with Crippen molar-refractivity contribution in [1.29, 1.82) is 0 Å². The summed E-state index contributed by atoms with van der Waals surface area (Å²) in [4.78, 5) is 24.7. The quantitative estimate of drug-likeness (QED) is 0.337. The normalized spacial score (nSPS) is 11.3. The van der Waals surface area contributed by atoms with E-state index in [4.69, 9.17) is 51.8 Å². The van der Waals surface area contributed by atoms with Gasteiger partial charge in [0, 0.05) is 27.0 Å². The standard InChI is InChI=1S/C23H18Cl3N3O3S/c1-13(32-20-10-5-16(25)12-19(20)26)21(30)29-23(33)28-18-8-6-17(7-9-18)27-22(31)14-3-2-4-15(24)11-14/h2-13H,1H3,(H,27,31)(H2,28,29,30,33). The van der Waals surface area contributed by atoms with Gasteiger partial charge >= 0.3 is 0 Å². The van der Waals surface area contributed by atoms with Gasteiger partial charge in [0.15, 0.2) is 11.2 Å². The molecule has 170 valence electrons. The highest BCUT2D eigenvalue weighted by Gasteiger charge is 2.17. The first kappa shape index (κ1) is 24.8. The third-order valence-corrected chi connectivity index (χ3v) is 5.26. The second-order valence-electron chi connectivity index (χ2n) is 6.82. The van der Waals surface area contributed by atoms with Crippen molar-refractivity contribution in [3.8, 4) is 5.75 Å². The van der Waals surface area contributed by atoms with Gasteiger partial charge in [-0.3, -0.25) is 14.9 Å². The lowest BCUT2D eigenvalue weighted by atomic mass is 10.2. The predicted molar refractivity (Wildman–Crippen MR) is 137 cm³/mol. The summed E-state index contributed by atoms with van der Waals surface area (Å²) in [6, 6.07) is 18.2. The molecule has 0 radical (unpaired) electrons. The number of thiocarbonyl (C=S) groups is 1. The molecule has 2 amide bonds. The number of anilines is 2. The SMILES string of the molecule is CC(Oc1ccc(Cl)cc1Cl)C(=O)NC(=S)Nc1ccc(NC(=O)c2cccc(Cl)c2)cc1. The number of ether oxygens (including phenoxy) is 1. The lowest BCUT2D eigenvalue weighted by Crippen LogP contribution is -2.42. The summed E-state index contributed by atoms with van der Waals surface area (Å²) in [6.07, 6.45) is -0.854. The highest BCUT2D eigenvalue weighted by molar-refractivity contribution is 7.80. The fraction of sp³-hybridized carbons (Fsp3) is 0.0870. The highest BCUT2D eigenvalue weighted by atomic mass is 35.5. The average molecular weight is 523 g/mol. The fourth-order valence-electron chi connectivity index (χ4n) is 2.66. The van der Waals surface area contributed by atoms with Crippen molar-refractivity contribution in [2.24, 2.45) is 0 Å². The summed E-state index contributed by atoms with van der Waals surface area (Å²) in [6.45, 7) is 1.57. The van der Waals surface area contributed by atoms with Crippen LogP contribution in [0.3, 0.4) is 0 Å². The van der Waals surface area contributed by atoms with Crippen LogP contribution in [-0.2, 0) is 4.79 Å². The Balaban J connectivity index is 1.51. The molecule has 3 aromatic carbocycles. The van der Waals surface area contributed by atoms with Gasteiger partial charge in [-0.1, -0.05) is 40.9 Å². The number of hydrogen-bond donors (Lipinski definition) is 3. The molecular weight excluding hydrogens is 505 g/mol. The van der Waals surface area contributed by atoms with Gasteiger partial charge in [0.1, 0.15) is 5.75 Å². The summed E-state index contributed by atoms with van der Waals surface area (Å²) in [5.41, 5.74) is 1.66. The third-order valence-electron chi connectivity index (χ3n) is 4.29. The first-order chi connectivity index (χ1) is 15.7. The smallest absolute Gasteiger partial charge is 0.266 e. The van der Waals surface area contributed by atoms with Crippen LogP contribution in [0.2, 0.25) is 15.1 Å². The van der Waals surface area contributed by atoms with Gasteiger partial charge in [0.25, 0.3) is 11.8 Å². The molecule has 33 heavy (non-hydrogen) atoms. The van der Waals surface area contributed by atoms with E-state index in [1.165, 1.54) is 6.07 Å². The zero-order chi connectivity index (χ0) is 24.0. The van der Waals surface area contributed by atoms with E-state index >= 15 is 0 Å². The van der Waals surface area contributed by atoms with Gasteiger partial charge in [0.05, 0.1) is 5.02 Å². The molecule has 0 aliphatic rings. The maximum atomic E-state index is 12.4. The monoisotopic (exact) mass is 521 g/mol. The molecular formula is C23H18Cl3N3O3S. The van der Waals surface area contributed by atoms with E-state index in [9.17, 15) is 9.59 Å². The molecule has 0 aromatic heterocycles. The van der Waals surface area contributed by atoms with Gasteiger partial charge in [-0.25, -0.2) is 0 Å². The number of carbonyl (C=O) groups excluding carboxylic acids is 2. The molecule has 0 aliphatic heterocycles. The molecule has 6 nitrogen and oxygen atoms in total. The van der Waals surface area contributed by atoms with Crippen LogP contribution in [0.1, 0.15) is 17.3 Å². The Hall–Kier alpha value is -2.84. The minimum Gasteiger partial charge on any atom is -0.479 e. The van der Waals surface area contributed by atoms with Crippen molar-refractivity contribution < 1.29 is 14.3 Å². The van der Waals surface area contributed by atoms with Crippen molar-refractivity contribution in [2.45, 2.75) is 13.0 Å². The molecule has 10 heteroatoms. The van der Waals surface area contributed by atoms with Gasteiger partial charge in [-0.05, 0) is 79.8 Å². The topological polar surface area (TPSA) is 79.5 Å².